The summed E-state index contributed by atoms with van der Waals surface area (Å²) < 4.78 is 29.8. The Morgan fingerprint density at radius 1 is 1.56 bits per heavy atom. The number of carbonyl (C=O) groups is 1. The number of hydrogen-bond acceptors (Lipinski definition) is 5. The molecule has 0 atom stereocenters. The van der Waals surface area contributed by atoms with E-state index in [1.54, 1.807) is 6.07 Å². The molecule has 1 rings (SSSR count). The number of nitriles is 1. The highest BCUT2D eigenvalue weighted by Gasteiger charge is 2.18. The van der Waals surface area contributed by atoms with Gasteiger partial charge >= 0.3 is 5.97 Å². The Morgan fingerprint density at radius 3 is 2.78 bits per heavy atom. The second kappa shape index (κ2) is 5.82. The molecule has 0 spiro atoms. The van der Waals surface area contributed by atoms with E-state index in [4.69, 9.17) is 16.9 Å². The minimum atomic E-state index is -3.67. The van der Waals surface area contributed by atoms with Gasteiger partial charge in [0.1, 0.15) is 6.07 Å². The molecule has 0 saturated carbocycles. The third-order valence-electron chi connectivity index (χ3n) is 2.00. The Kier molecular flexibility index (Phi) is 4.67. The molecule has 0 aliphatic carbocycles. The molecule has 0 radical (unpaired) electrons. The first-order valence-corrected chi connectivity index (χ1v) is 6.55. The van der Waals surface area contributed by atoms with Crippen LogP contribution in [-0.4, -0.2) is 28.0 Å². The van der Waals surface area contributed by atoms with E-state index in [9.17, 15) is 13.2 Å². The normalized spacial score (nSPS) is 10.7. The largest absolute Gasteiger partial charge is 0.447 e. The molecule has 18 heavy (non-hydrogen) atoms. The van der Waals surface area contributed by atoms with E-state index >= 15 is 0 Å². The highest BCUT2D eigenvalue weighted by atomic mass is 35.5. The van der Waals surface area contributed by atoms with Gasteiger partial charge in [0.2, 0.25) is 10.0 Å². The van der Waals surface area contributed by atoms with E-state index in [1.807, 2.05) is 0 Å². The minimum absolute atomic E-state index is 0.0491. The standard InChI is InChI=1S/C10H9ClN2O4S/c1-13-18(15,16)7-2-3-9(11)8(6-7)10(14)17-5-4-12/h2-3,6,13H,5H2,1H3. The van der Waals surface area contributed by atoms with E-state index in [2.05, 4.69) is 9.46 Å². The maximum absolute atomic E-state index is 11.5. The third kappa shape index (κ3) is 3.20. The lowest BCUT2D eigenvalue weighted by Gasteiger charge is -2.06. The maximum Gasteiger partial charge on any atom is 0.340 e. The van der Waals surface area contributed by atoms with Gasteiger partial charge in [0.15, 0.2) is 6.61 Å². The van der Waals surface area contributed by atoms with Crippen molar-refractivity contribution in [3.63, 3.8) is 0 Å². The number of ether oxygens (including phenoxy) is 1. The number of benzene rings is 1. The zero-order valence-corrected chi connectivity index (χ0v) is 10.9. The monoisotopic (exact) mass is 288 g/mol. The van der Waals surface area contributed by atoms with Gasteiger partial charge in [0.25, 0.3) is 0 Å². The van der Waals surface area contributed by atoms with Crippen molar-refractivity contribution in [1.82, 2.24) is 4.72 Å². The number of esters is 1. The molecule has 0 aliphatic heterocycles. The molecule has 1 N–H and O–H groups in total. The lowest BCUT2D eigenvalue weighted by molar-refractivity contribution is 0.0555. The summed E-state index contributed by atoms with van der Waals surface area (Å²) in [4.78, 5) is 11.4. The topological polar surface area (TPSA) is 96.3 Å². The summed E-state index contributed by atoms with van der Waals surface area (Å²) in [7, 11) is -2.43. The first kappa shape index (κ1) is 14.4. The van der Waals surface area contributed by atoms with E-state index in [0.717, 1.165) is 6.07 Å². The fraction of sp³-hybridized carbons (Fsp3) is 0.200. The predicted molar refractivity (Wildman–Crippen MR) is 63.6 cm³/mol. The Morgan fingerprint density at radius 2 is 2.22 bits per heavy atom. The molecule has 6 nitrogen and oxygen atoms in total. The molecule has 1 aromatic carbocycles. The van der Waals surface area contributed by atoms with Crippen LogP contribution in [0, 0.1) is 11.3 Å². The zero-order valence-electron chi connectivity index (χ0n) is 9.31. The van der Waals surface area contributed by atoms with Gasteiger partial charge in [-0.2, -0.15) is 5.26 Å². The second-order valence-electron chi connectivity index (χ2n) is 3.08. The molecule has 0 saturated heterocycles. The Labute approximate surface area is 109 Å². The van der Waals surface area contributed by atoms with Crippen molar-refractivity contribution in [3.8, 4) is 6.07 Å². The number of sulfonamides is 1. The molecule has 8 heteroatoms. The SMILES string of the molecule is CNS(=O)(=O)c1ccc(Cl)c(C(=O)OCC#N)c1. The number of rotatable bonds is 4. The van der Waals surface area contributed by atoms with Crippen LogP contribution in [0.1, 0.15) is 10.4 Å². The quantitative estimate of drug-likeness (QED) is 0.831. The van der Waals surface area contributed by atoms with Crippen molar-refractivity contribution in [1.29, 1.82) is 5.26 Å². The van der Waals surface area contributed by atoms with E-state index in [0.29, 0.717) is 0 Å². The van der Waals surface area contributed by atoms with Crippen LogP contribution in [0.2, 0.25) is 5.02 Å². The van der Waals surface area contributed by atoms with Crippen LogP contribution in [0.25, 0.3) is 0 Å². The summed E-state index contributed by atoms with van der Waals surface area (Å²) in [5.41, 5.74) is -0.108. The van der Waals surface area contributed by atoms with Crippen LogP contribution in [0.3, 0.4) is 0 Å². The predicted octanol–water partition coefficient (Wildman–Crippen LogP) is 0.928. The summed E-state index contributed by atoms with van der Waals surface area (Å²) in [6.07, 6.45) is 0. The molecule has 0 aliphatic rings. The van der Waals surface area contributed by atoms with Gasteiger partial charge in [-0.1, -0.05) is 11.6 Å². The average Bonchev–Trinajstić information content (AvgIpc) is 2.36. The summed E-state index contributed by atoms with van der Waals surface area (Å²) in [6, 6.07) is 5.25. The molecule has 0 bridgehead atoms. The molecule has 0 fully saturated rings. The van der Waals surface area contributed by atoms with Gasteiger partial charge in [-0.25, -0.2) is 17.9 Å². The first-order valence-electron chi connectivity index (χ1n) is 4.69. The number of nitrogens with one attached hydrogen (secondary N) is 1. The summed E-state index contributed by atoms with van der Waals surface area (Å²) >= 11 is 5.76. The summed E-state index contributed by atoms with van der Waals surface area (Å²) in [5, 5.41) is 8.34. The van der Waals surface area contributed by atoms with Crippen LogP contribution >= 0.6 is 11.6 Å². The van der Waals surface area contributed by atoms with Crippen LogP contribution in [0.5, 0.6) is 0 Å². The van der Waals surface area contributed by atoms with E-state index < -0.39 is 22.6 Å². The molecule has 0 aromatic heterocycles. The Hall–Kier alpha value is -1.62. The lowest BCUT2D eigenvalue weighted by atomic mass is 10.2. The molecule has 0 unspecified atom stereocenters. The third-order valence-corrected chi connectivity index (χ3v) is 3.75. The molecule has 0 heterocycles. The zero-order chi connectivity index (χ0) is 13.8. The Balaban J connectivity index is 3.18. The van der Waals surface area contributed by atoms with Crippen LogP contribution < -0.4 is 4.72 Å². The van der Waals surface area contributed by atoms with Gasteiger partial charge in [0.05, 0.1) is 15.5 Å². The van der Waals surface area contributed by atoms with Gasteiger partial charge in [-0.15, -0.1) is 0 Å². The van der Waals surface area contributed by atoms with E-state index in [-0.39, 0.29) is 15.5 Å². The van der Waals surface area contributed by atoms with Crippen molar-refractivity contribution in [2.24, 2.45) is 0 Å². The van der Waals surface area contributed by atoms with Crippen molar-refractivity contribution >= 4 is 27.6 Å². The first-order chi connectivity index (χ1) is 8.42. The fourth-order valence-electron chi connectivity index (χ4n) is 1.12. The highest BCUT2D eigenvalue weighted by molar-refractivity contribution is 7.89. The molecular formula is C10H9ClN2O4S. The number of nitrogens with zero attached hydrogens (tertiary/aromatic N) is 1. The summed E-state index contributed by atoms with van der Waals surface area (Å²) in [6.45, 7) is -0.432. The lowest BCUT2D eigenvalue weighted by Crippen LogP contribution is -2.19. The van der Waals surface area contributed by atoms with Crippen molar-refractivity contribution in [2.75, 3.05) is 13.7 Å². The summed E-state index contributed by atoms with van der Waals surface area (Å²) in [5.74, 6) is -0.852. The van der Waals surface area contributed by atoms with Crippen molar-refractivity contribution in [3.05, 3.63) is 28.8 Å². The van der Waals surface area contributed by atoms with Gasteiger partial charge in [0, 0.05) is 0 Å². The Bertz CT molecular complexity index is 607. The highest BCUT2D eigenvalue weighted by Crippen LogP contribution is 2.21. The molecule has 1 aromatic rings. The molecule has 0 amide bonds. The van der Waals surface area contributed by atoms with Gasteiger partial charge in [-0.05, 0) is 25.2 Å². The van der Waals surface area contributed by atoms with Gasteiger partial charge in [-0.3, -0.25) is 0 Å². The molecule has 96 valence electrons. The van der Waals surface area contributed by atoms with Crippen LogP contribution in [-0.2, 0) is 14.8 Å². The number of halogens is 1. The van der Waals surface area contributed by atoms with Crippen molar-refractivity contribution < 1.29 is 17.9 Å². The minimum Gasteiger partial charge on any atom is -0.447 e. The van der Waals surface area contributed by atoms with Gasteiger partial charge < -0.3 is 4.74 Å². The van der Waals surface area contributed by atoms with Crippen LogP contribution in [0.4, 0.5) is 0 Å². The number of carbonyl (C=O) groups excluding carboxylic acids is 1. The maximum atomic E-state index is 11.5. The van der Waals surface area contributed by atoms with Crippen LogP contribution in [0.15, 0.2) is 23.1 Å². The number of hydrogen-bond donors (Lipinski definition) is 1. The fourth-order valence-corrected chi connectivity index (χ4v) is 2.07. The second-order valence-corrected chi connectivity index (χ2v) is 5.38. The van der Waals surface area contributed by atoms with Crippen molar-refractivity contribution in [2.45, 2.75) is 4.90 Å². The average molecular weight is 289 g/mol. The molecular weight excluding hydrogens is 280 g/mol. The smallest absolute Gasteiger partial charge is 0.340 e. The van der Waals surface area contributed by atoms with E-state index in [1.165, 1.54) is 19.2 Å².